The number of halogens is 1. The predicted molar refractivity (Wildman–Crippen MR) is 102 cm³/mol. The molecule has 5 heteroatoms. The van der Waals surface area contributed by atoms with Crippen molar-refractivity contribution in [2.75, 3.05) is 0 Å². The lowest BCUT2D eigenvalue weighted by atomic mass is 10.0. The van der Waals surface area contributed by atoms with Gasteiger partial charge in [-0.15, -0.1) is 0 Å². The Bertz CT molecular complexity index is 718. The zero-order valence-electron chi connectivity index (χ0n) is 14.7. The number of rotatable bonds is 9. The third-order valence-electron chi connectivity index (χ3n) is 4.09. The molecule has 2 aromatic rings. The maximum Gasteiger partial charge on any atom is 0.303 e. The summed E-state index contributed by atoms with van der Waals surface area (Å²) < 4.78 is 7.02. The van der Waals surface area contributed by atoms with Gasteiger partial charge in [0.05, 0.1) is 5.69 Å². The van der Waals surface area contributed by atoms with Gasteiger partial charge in [0.15, 0.2) is 0 Å². The van der Waals surface area contributed by atoms with Crippen LogP contribution in [0.25, 0.3) is 0 Å². The zero-order chi connectivity index (χ0) is 18.2. The first kappa shape index (κ1) is 19.4. The monoisotopic (exact) mass is 405 g/mol. The highest BCUT2D eigenvalue weighted by Crippen LogP contribution is 2.28. The van der Waals surface area contributed by atoms with Crippen molar-refractivity contribution in [3.05, 3.63) is 57.8 Å². The first-order valence-electron chi connectivity index (χ1n) is 8.60. The van der Waals surface area contributed by atoms with Gasteiger partial charge in [-0.3, -0.25) is 4.79 Å². The van der Waals surface area contributed by atoms with Gasteiger partial charge in [0.1, 0.15) is 16.5 Å². The lowest BCUT2D eigenvalue weighted by molar-refractivity contribution is -0.136. The van der Waals surface area contributed by atoms with Crippen molar-refractivity contribution in [2.45, 2.75) is 52.1 Å². The van der Waals surface area contributed by atoms with E-state index in [2.05, 4.69) is 27.8 Å². The van der Waals surface area contributed by atoms with Gasteiger partial charge in [0.2, 0.25) is 0 Å². The lowest BCUT2D eigenvalue weighted by Gasteiger charge is -2.20. The van der Waals surface area contributed by atoms with Gasteiger partial charge in [-0.2, -0.15) is 0 Å². The molecule has 0 aliphatic carbocycles. The molecule has 2 rings (SSSR count). The van der Waals surface area contributed by atoms with E-state index in [1.54, 1.807) is 0 Å². The molecule has 0 saturated carbocycles. The molecule has 1 aromatic heterocycles. The summed E-state index contributed by atoms with van der Waals surface area (Å²) in [6.45, 7) is 4.15. The first-order valence-corrected chi connectivity index (χ1v) is 9.39. The fourth-order valence-electron chi connectivity index (χ4n) is 2.69. The van der Waals surface area contributed by atoms with E-state index in [1.165, 1.54) is 0 Å². The number of carboxylic acid groups (broad SMARTS) is 1. The molecule has 0 aliphatic heterocycles. The standard InChI is InChI=1S/C20H24BrNO3/c1-3-4-7-18(17-6-5-8-19(21)22-17)25-16-11-9-15(14(2)13-16)10-12-20(23)24/h5-6,8-9,11,13,18H,3-4,7,10,12H2,1-2H3,(H,23,24)/t18-/m0/s1. The van der Waals surface area contributed by atoms with E-state index in [0.717, 1.165) is 46.4 Å². The Hall–Kier alpha value is -1.88. The SMILES string of the molecule is CCCC[C@H](Oc1ccc(CCC(=O)O)c(C)c1)c1cccc(Br)n1. The van der Waals surface area contributed by atoms with Crippen LogP contribution in [-0.2, 0) is 11.2 Å². The van der Waals surface area contributed by atoms with Gasteiger partial charge in [0, 0.05) is 6.42 Å². The number of ether oxygens (including phenoxy) is 1. The van der Waals surface area contributed by atoms with Gasteiger partial charge in [-0.1, -0.05) is 25.5 Å². The summed E-state index contributed by atoms with van der Waals surface area (Å²) in [5.74, 6) is 0.0135. The van der Waals surface area contributed by atoms with Crippen LogP contribution in [0, 0.1) is 6.92 Å². The molecule has 0 aliphatic rings. The van der Waals surface area contributed by atoms with Gasteiger partial charge >= 0.3 is 5.97 Å². The number of benzene rings is 1. The Morgan fingerprint density at radius 3 is 2.76 bits per heavy atom. The molecule has 0 amide bonds. The molecule has 1 aromatic carbocycles. The highest BCUT2D eigenvalue weighted by molar-refractivity contribution is 9.10. The minimum absolute atomic E-state index is 0.0956. The van der Waals surface area contributed by atoms with E-state index in [4.69, 9.17) is 9.84 Å². The number of aromatic nitrogens is 1. The van der Waals surface area contributed by atoms with E-state index in [-0.39, 0.29) is 12.5 Å². The molecular weight excluding hydrogens is 382 g/mol. The number of pyridine rings is 1. The van der Waals surface area contributed by atoms with Gasteiger partial charge in [-0.25, -0.2) is 4.98 Å². The van der Waals surface area contributed by atoms with Crippen LogP contribution in [0.3, 0.4) is 0 Å². The lowest BCUT2D eigenvalue weighted by Crippen LogP contribution is -2.10. The Morgan fingerprint density at radius 1 is 1.32 bits per heavy atom. The van der Waals surface area contributed by atoms with E-state index in [1.807, 2.05) is 43.3 Å². The highest BCUT2D eigenvalue weighted by Gasteiger charge is 2.15. The number of carboxylic acids is 1. The number of hydrogen-bond donors (Lipinski definition) is 1. The Balaban J connectivity index is 2.15. The quantitative estimate of drug-likeness (QED) is 0.561. The fraction of sp³-hybridized carbons (Fsp3) is 0.400. The highest BCUT2D eigenvalue weighted by atomic mass is 79.9. The number of nitrogens with zero attached hydrogens (tertiary/aromatic N) is 1. The third-order valence-corrected chi connectivity index (χ3v) is 4.53. The molecule has 0 radical (unpaired) electrons. The third kappa shape index (κ3) is 6.16. The molecule has 1 N–H and O–H groups in total. The zero-order valence-corrected chi connectivity index (χ0v) is 16.3. The topological polar surface area (TPSA) is 59.4 Å². The van der Waals surface area contributed by atoms with Crippen molar-refractivity contribution >= 4 is 21.9 Å². The van der Waals surface area contributed by atoms with Gasteiger partial charge in [0.25, 0.3) is 0 Å². The van der Waals surface area contributed by atoms with Crippen molar-refractivity contribution in [1.29, 1.82) is 0 Å². The van der Waals surface area contributed by atoms with Gasteiger partial charge in [-0.05, 0) is 77.5 Å². The maximum absolute atomic E-state index is 10.7. The van der Waals surface area contributed by atoms with Crippen molar-refractivity contribution in [3.63, 3.8) is 0 Å². The molecular formula is C20H24BrNO3. The smallest absolute Gasteiger partial charge is 0.303 e. The Morgan fingerprint density at radius 2 is 2.12 bits per heavy atom. The number of unbranched alkanes of at least 4 members (excludes halogenated alkanes) is 1. The van der Waals surface area contributed by atoms with E-state index >= 15 is 0 Å². The maximum atomic E-state index is 10.7. The van der Waals surface area contributed by atoms with Gasteiger partial charge < -0.3 is 9.84 Å². The second-order valence-electron chi connectivity index (χ2n) is 6.12. The van der Waals surface area contributed by atoms with Crippen LogP contribution in [0.2, 0.25) is 0 Å². The summed E-state index contributed by atoms with van der Waals surface area (Å²) in [6.07, 6.45) is 3.65. The summed E-state index contributed by atoms with van der Waals surface area (Å²) in [7, 11) is 0. The second-order valence-corrected chi connectivity index (χ2v) is 6.93. The second kappa shape index (κ2) is 9.56. The molecule has 4 nitrogen and oxygen atoms in total. The molecule has 0 fully saturated rings. The number of carbonyl (C=O) groups is 1. The summed E-state index contributed by atoms with van der Waals surface area (Å²) in [4.78, 5) is 15.3. The van der Waals surface area contributed by atoms with E-state index in [0.29, 0.717) is 6.42 Å². The summed E-state index contributed by atoms with van der Waals surface area (Å²) in [5, 5.41) is 8.83. The van der Waals surface area contributed by atoms with Crippen molar-refractivity contribution in [1.82, 2.24) is 4.98 Å². The Labute approximate surface area is 157 Å². The normalized spacial score (nSPS) is 12.0. The minimum atomic E-state index is -0.778. The molecule has 0 unspecified atom stereocenters. The molecule has 0 saturated heterocycles. The van der Waals surface area contributed by atoms with Crippen LogP contribution < -0.4 is 4.74 Å². The molecule has 134 valence electrons. The van der Waals surface area contributed by atoms with Crippen molar-refractivity contribution in [3.8, 4) is 5.75 Å². The number of aliphatic carboxylic acids is 1. The summed E-state index contributed by atoms with van der Waals surface area (Å²) in [6, 6.07) is 11.7. The van der Waals surface area contributed by atoms with Crippen LogP contribution in [0.5, 0.6) is 5.75 Å². The molecule has 1 heterocycles. The van der Waals surface area contributed by atoms with Crippen LogP contribution >= 0.6 is 15.9 Å². The van der Waals surface area contributed by atoms with Crippen LogP contribution in [0.4, 0.5) is 0 Å². The largest absolute Gasteiger partial charge is 0.484 e. The van der Waals surface area contributed by atoms with E-state index in [9.17, 15) is 4.79 Å². The minimum Gasteiger partial charge on any atom is -0.484 e. The average molecular weight is 406 g/mol. The fourth-order valence-corrected chi connectivity index (χ4v) is 3.05. The summed E-state index contributed by atoms with van der Waals surface area (Å²) in [5.41, 5.74) is 3.01. The van der Waals surface area contributed by atoms with Crippen LogP contribution in [-0.4, -0.2) is 16.1 Å². The molecule has 0 spiro atoms. The average Bonchev–Trinajstić information content (AvgIpc) is 2.57. The van der Waals surface area contributed by atoms with Crippen molar-refractivity contribution in [2.24, 2.45) is 0 Å². The van der Waals surface area contributed by atoms with Crippen LogP contribution in [0.1, 0.15) is 55.5 Å². The van der Waals surface area contributed by atoms with Crippen molar-refractivity contribution < 1.29 is 14.6 Å². The molecule has 0 bridgehead atoms. The number of hydrogen-bond acceptors (Lipinski definition) is 3. The first-order chi connectivity index (χ1) is 12.0. The van der Waals surface area contributed by atoms with Crippen LogP contribution in [0.15, 0.2) is 41.0 Å². The number of aryl methyl sites for hydroxylation is 2. The van der Waals surface area contributed by atoms with E-state index < -0.39 is 5.97 Å². The predicted octanol–water partition coefficient (Wildman–Crippen LogP) is 5.48. The summed E-state index contributed by atoms with van der Waals surface area (Å²) >= 11 is 3.42. The Kier molecular flexibility index (Phi) is 7.44. The molecule has 1 atom stereocenters. The molecule has 25 heavy (non-hydrogen) atoms.